The van der Waals surface area contributed by atoms with Gasteiger partial charge in [-0.1, -0.05) is 24.6 Å². The molecule has 1 N–H and O–H groups in total. The maximum absolute atomic E-state index is 12.6. The van der Waals surface area contributed by atoms with Crippen LogP contribution in [0.2, 0.25) is 0 Å². The number of hydrogen-bond donors (Lipinski definition) is 1. The highest BCUT2D eigenvalue weighted by Crippen LogP contribution is 2.23. The molecule has 1 heterocycles. The number of hydrogen-bond acceptors (Lipinski definition) is 3. The number of nitrogens with zero attached hydrogens (tertiary/aromatic N) is 1. The van der Waals surface area contributed by atoms with E-state index in [9.17, 15) is 9.59 Å². The van der Waals surface area contributed by atoms with Crippen molar-refractivity contribution in [1.29, 1.82) is 0 Å². The SMILES string of the molecule is CCc1ccc(C(=O)N(CC(=O)O)c2ccc(C)cc2)s1. The Morgan fingerprint density at radius 3 is 2.33 bits per heavy atom. The molecule has 0 unspecified atom stereocenters. The Balaban J connectivity index is 2.32. The van der Waals surface area contributed by atoms with E-state index in [0.717, 1.165) is 16.9 Å². The normalized spacial score (nSPS) is 10.4. The van der Waals surface area contributed by atoms with Crippen molar-refractivity contribution in [3.63, 3.8) is 0 Å². The predicted molar refractivity (Wildman–Crippen MR) is 84.2 cm³/mol. The van der Waals surface area contributed by atoms with Crippen LogP contribution in [-0.2, 0) is 11.2 Å². The maximum Gasteiger partial charge on any atom is 0.323 e. The molecule has 0 fully saturated rings. The molecule has 0 saturated carbocycles. The van der Waals surface area contributed by atoms with E-state index in [0.29, 0.717) is 10.6 Å². The van der Waals surface area contributed by atoms with Crippen LogP contribution in [0.3, 0.4) is 0 Å². The largest absolute Gasteiger partial charge is 0.480 e. The van der Waals surface area contributed by atoms with Crippen LogP contribution in [-0.4, -0.2) is 23.5 Å². The van der Waals surface area contributed by atoms with Gasteiger partial charge in [-0.3, -0.25) is 14.5 Å². The van der Waals surface area contributed by atoms with Gasteiger partial charge in [0.05, 0.1) is 4.88 Å². The van der Waals surface area contributed by atoms with Gasteiger partial charge in [0, 0.05) is 10.6 Å². The minimum absolute atomic E-state index is 0.272. The second-order valence-electron chi connectivity index (χ2n) is 4.74. The van der Waals surface area contributed by atoms with Crippen molar-refractivity contribution >= 4 is 28.9 Å². The van der Waals surface area contributed by atoms with Crippen molar-refractivity contribution in [3.05, 3.63) is 51.7 Å². The summed E-state index contributed by atoms with van der Waals surface area (Å²) in [4.78, 5) is 26.6. The third-order valence-corrected chi connectivity index (χ3v) is 4.32. The summed E-state index contributed by atoms with van der Waals surface area (Å²) in [5.74, 6) is -1.30. The molecule has 0 radical (unpaired) electrons. The van der Waals surface area contributed by atoms with Gasteiger partial charge in [-0.25, -0.2) is 0 Å². The Kier molecular flexibility index (Phi) is 4.75. The number of aliphatic carboxylic acids is 1. The van der Waals surface area contributed by atoms with Gasteiger partial charge >= 0.3 is 5.97 Å². The average molecular weight is 303 g/mol. The first-order valence-corrected chi connectivity index (χ1v) is 7.52. The summed E-state index contributed by atoms with van der Waals surface area (Å²) in [6, 6.07) is 10.9. The number of anilines is 1. The number of amides is 1. The number of rotatable bonds is 5. The van der Waals surface area contributed by atoms with E-state index >= 15 is 0 Å². The summed E-state index contributed by atoms with van der Waals surface area (Å²) in [6.07, 6.45) is 0.863. The topological polar surface area (TPSA) is 57.6 Å². The van der Waals surface area contributed by atoms with Crippen LogP contribution in [0.1, 0.15) is 27.0 Å². The van der Waals surface area contributed by atoms with E-state index in [-0.39, 0.29) is 12.5 Å². The fourth-order valence-electron chi connectivity index (χ4n) is 1.96. The van der Waals surface area contributed by atoms with Gasteiger partial charge in [0.15, 0.2) is 0 Å². The zero-order valence-electron chi connectivity index (χ0n) is 12.0. The van der Waals surface area contributed by atoms with Crippen LogP contribution in [0.5, 0.6) is 0 Å². The zero-order chi connectivity index (χ0) is 15.4. The zero-order valence-corrected chi connectivity index (χ0v) is 12.8. The van der Waals surface area contributed by atoms with E-state index in [4.69, 9.17) is 5.11 Å². The third kappa shape index (κ3) is 3.70. The molecule has 21 heavy (non-hydrogen) atoms. The highest BCUT2D eigenvalue weighted by Gasteiger charge is 2.21. The molecule has 0 spiro atoms. The van der Waals surface area contributed by atoms with Crippen molar-refractivity contribution in [2.75, 3.05) is 11.4 Å². The molecule has 5 heteroatoms. The summed E-state index contributed by atoms with van der Waals surface area (Å²) in [7, 11) is 0. The van der Waals surface area contributed by atoms with Gasteiger partial charge in [0.25, 0.3) is 5.91 Å². The number of carbonyl (C=O) groups excluding carboxylic acids is 1. The summed E-state index contributed by atoms with van der Waals surface area (Å²) < 4.78 is 0. The lowest BCUT2D eigenvalue weighted by Crippen LogP contribution is -2.35. The summed E-state index contributed by atoms with van der Waals surface area (Å²) in [5, 5.41) is 9.06. The van der Waals surface area contributed by atoms with Crippen molar-refractivity contribution in [2.24, 2.45) is 0 Å². The van der Waals surface area contributed by atoms with E-state index in [1.165, 1.54) is 16.2 Å². The number of thiophene rings is 1. The van der Waals surface area contributed by atoms with Crippen LogP contribution in [0.4, 0.5) is 5.69 Å². The quantitative estimate of drug-likeness (QED) is 0.921. The number of carbonyl (C=O) groups is 2. The Labute approximate surface area is 127 Å². The first kappa shape index (κ1) is 15.3. The summed E-state index contributed by atoms with van der Waals surface area (Å²) >= 11 is 1.41. The molecule has 1 amide bonds. The van der Waals surface area contributed by atoms with Gasteiger partial charge in [-0.2, -0.15) is 0 Å². The second-order valence-corrected chi connectivity index (χ2v) is 5.91. The van der Waals surface area contributed by atoms with Crippen LogP contribution in [0.25, 0.3) is 0 Å². The van der Waals surface area contributed by atoms with Gasteiger partial charge in [-0.15, -0.1) is 11.3 Å². The van der Waals surface area contributed by atoms with E-state index in [1.54, 1.807) is 18.2 Å². The number of benzene rings is 1. The Bertz CT molecular complexity index is 646. The third-order valence-electron chi connectivity index (χ3n) is 3.11. The van der Waals surface area contributed by atoms with Crippen LogP contribution in [0, 0.1) is 6.92 Å². The Hall–Kier alpha value is -2.14. The molecule has 4 nitrogen and oxygen atoms in total. The number of aryl methyl sites for hydroxylation is 2. The fraction of sp³-hybridized carbons (Fsp3) is 0.250. The standard InChI is InChI=1S/C16H17NO3S/c1-3-13-8-9-14(21-13)16(20)17(10-15(18)19)12-6-4-11(2)5-7-12/h4-9H,3,10H2,1-2H3,(H,18,19). The smallest absolute Gasteiger partial charge is 0.323 e. The van der Waals surface area contributed by atoms with Crippen LogP contribution in [0.15, 0.2) is 36.4 Å². The Morgan fingerprint density at radius 1 is 1.14 bits per heavy atom. The fourth-order valence-corrected chi connectivity index (χ4v) is 2.85. The highest BCUT2D eigenvalue weighted by molar-refractivity contribution is 7.14. The van der Waals surface area contributed by atoms with Crippen molar-refractivity contribution in [2.45, 2.75) is 20.3 Å². The van der Waals surface area contributed by atoms with Crippen molar-refractivity contribution < 1.29 is 14.7 Å². The lowest BCUT2D eigenvalue weighted by molar-refractivity contribution is -0.135. The maximum atomic E-state index is 12.6. The van der Waals surface area contributed by atoms with E-state index < -0.39 is 5.97 Å². The summed E-state index contributed by atoms with van der Waals surface area (Å²) in [6.45, 7) is 3.62. The van der Waals surface area contributed by atoms with E-state index in [1.807, 2.05) is 32.0 Å². The number of carboxylic acids is 1. The minimum atomic E-state index is -1.03. The highest BCUT2D eigenvalue weighted by atomic mass is 32.1. The molecule has 0 aliphatic carbocycles. The van der Waals surface area contributed by atoms with Crippen molar-refractivity contribution in [3.8, 4) is 0 Å². The van der Waals surface area contributed by atoms with Gasteiger partial charge in [0.2, 0.25) is 0 Å². The Morgan fingerprint density at radius 2 is 1.81 bits per heavy atom. The van der Waals surface area contributed by atoms with E-state index in [2.05, 4.69) is 0 Å². The molecule has 0 saturated heterocycles. The molecule has 110 valence electrons. The minimum Gasteiger partial charge on any atom is -0.480 e. The lowest BCUT2D eigenvalue weighted by atomic mass is 10.2. The first-order chi connectivity index (χ1) is 10.0. The summed E-state index contributed by atoms with van der Waals surface area (Å²) in [5.41, 5.74) is 1.66. The molecule has 1 aromatic heterocycles. The molecule has 2 rings (SSSR count). The molecule has 1 aromatic carbocycles. The molecule has 2 aromatic rings. The molecule has 0 atom stereocenters. The number of carboxylic acid groups (broad SMARTS) is 1. The molecule has 0 aliphatic heterocycles. The van der Waals surface area contributed by atoms with Crippen LogP contribution < -0.4 is 4.90 Å². The van der Waals surface area contributed by atoms with Gasteiger partial charge in [0.1, 0.15) is 6.54 Å². The molecular formula is C16H17NO3S. The molecule has 0 bridgehead atoms. The second kappa shape index (κ2) is 6.54. The van der Waals surface area contributed by atoms with Crippen LogP contribution >= 0.6 is 11.3 Å². The first-order valence-electron chi connectivity index (χ1n) is 6.70. The molecule has 0 aliphatic rings. The predicted octanol–water partition coefficient (Wildman–Crippen LogP) is 3.35. The lowest BCUT2D eigenvalue weighted by Gasteiger charge is -2.20. The van der Waals surface area contributed by atoms with Crippen molar-refractivity contribution in [1.82, 2.24) is 0 Å². The van der Waals surface area contributed by atoms with Gasteiger partial charge in [-0.05, 0) is 37.6 Å². The monoisotopic (exact) mass is 303 g/mol. The molecular weight excluding hydrogens is 286 g/mol. The average Bonchev–Trinajstić information content (AvgIpc) is 2.94. The van der Waals surface area contributed by atoms with Gasteiger partial charge < -0.3 is 5.11 Å².